The molecule has 10 heteroatoms. The van der Waals surface area contributed by atoms with Gasteiger partial charge in [0.25, 0.3) is 5.91 Å². The molecule has 1 heterocycles. The SMILES string of the molecule is CCN(CC)CCCNC(=O)c1ccc(-c2ccc(-c3nc(-c4ccc(Cl)c(Cl)c4)cs3)cc2OC(=O)O)cc1. The predicted octanol–water partition coefficient (Wildman–Crippen LogP) is 7.97. The third kappa shape index (κ3) is 7.40. The Bertz CT molecular complexity index is 1490. The van der Waals surface area contributed by atoms with Crippen molar-refractivity contribution < 1.29 is 19.4 Å². The summed E-state index contributed by atoms with van der Waals surface area (Å²) in [5, 5.41) is 15.8. The standard InChI is InChI=1S/C30H29Cl2N3O4S/c1-3-35(4-2)15-5-14-33-28(36)20-8-6-19(7-9-20)23-12-10-22(17-27(23)39-30(37)38)29-34-26(18-40-29)21-11-13-24(31)25(32)16-21/h6-13,16-18H,3-5,14-15H2,1-2H3,(H,33,36)(H,37,38). The monoisotopic (exact) mass is 597 g/mol. The number of hydrogen-bond donors (Lipinski definition) is 2. The largest absolute Gasteiger partial charge is 0.511 e. The van der Waals surface area contributed by atoms with Crippen LogP contribution in [-0.2, 0) is 0 Å². The minimum Gasteiger partial charge on any atom is -0.449 e. The van der Waals surface area contributed by atoms with E-state index in [1.54, 1.807) is 48.5 Å². The molecule has 0 atom stereocenters. The maximum atomic E-state index is 12.6. The van der Waals surface area contributed by atoms with Gasteiger partial charge in [-0.15, -0.1) is 11.3 Å². The van der Waals surface area contributed by atoms with E-state index in [1.807, 2.05) is 17.5 Å². The van der Waals surface area contributed by atoms with Crippen LogP contribution in [0.15, 0.2) is 66.0 Å². The summed E-state index contributed by atoms with van der Waals surface area (Å²) in [5.74, 6) is 0.0231. The first-order valence-corrected chi connectivity index (χ1v) is 14.5. The molecule has 7 nitrogen and oxygen atoms in total. The summed E-state index contributed by atoms with van der Waals surface area (Å²) in [7, 11) is 0. The Kier molecular flexibility index (Phi) is 10.2. The molecule has 4 aromatic rings. The van der Waals surface area contributed by atoms with Crippen LogP contribution in [0.4, 0.5) is 4.79 Å². The highest BCUT2D eigenvalue weighted by Crippen LogP contribution is 2.37. The molecule has 0 saturated heterocycles. The maximum absolute atomic E-state index is 12.6. The Morgan fingerprint density at radius 1 is 0.950 bits per heavy atom. The lowest BCUT2D eigenvalue weighted by Crippen LogP contribution is -2.29. The normalized spacial score (nSPS) is 11.0. The lowest BCUT2D eigenvalue weighted by atomic mass is 10.0. The van der Waals surface area contributed by atoms with E-state index < -0.39 is 6.16 Å². The molecular formula is C30H29Cl2N3O4S. The van der Waals surface area contributed by atoms with Gasteiger partial charge in [0, 0.05) is 34.2 Å². The minimum absolute atomic E-state index is 0.148. The summed E-state index contributed by atoms with van der Waals surface area (Å²) in [5.41, 5.74) is 4.09. The van der Waals surface area contributed by atoms with E-state index in [0.29, 0.717) is 38.3 Å². The second kappa shape index (κ2) is 13.8. The maximum Gasteiger partial charge on any atom is 0.511 e. The molecule has 0 aliphatic heterocycles. The molecule has 208 valence electrons. The molecule has 4 rings (SSSR count). The Labute approximate surface area is 247 Å². The number of benzene rings is 3. The molecule has 1 aromatic heterocycles. The van der Waals surface area contributed by atoms with Crippen LogP contribution in [0, 0.1) is 0 Å². The topological polar surface area (TPSA) is 91.8 Å². The van der Waals surface area contributed by atoms with Crippen molar-refractivity contribution in [1.82, 2.24) is 15.2 Å². The number of ether oxygens (including phenoxy) is 1. The number of rotatable bonds is 11. The van der Waals surface area contributed by atoms with Gasteiger partial charge in [-0.25, -0.2) is 9.78 Å². The first-order valence-electron chi connectivity index (χ1n) is 12.9. The molecule has 0 spiro atoms. The van der Waals surface area contributed by atoms with Gasteiger partial charge in [0.15, 0.2) is 0 Å². The van der Waals surface area contributed by atoms with E-state index in [0.717, 1.165) is 42.9 Å². The van der Waals surface area contributed by atoms with Crippen LogP contribution in [0.5, 0.6) is 5.75 Å². The number of thiazole rings is 1. The Morgan fingerprint density at radius 3 is 2.33 bits per heavy atom. The lowest BCUT2D eigenvalue weighted by Gasteiger charge is -2.17. The molecule has 0 radical (unpaired) electrons. The first kappa shape index (κ1) is 29.6. The molecule has 40 heavy (non-hydrogen) atoms. The van der Waals surface area contributed by atoms with Gasteiger partial charge in [-0.1, -0.05) is 61.3 Å². The van der Waals surface area contributed by atoms with Gasteiger partial charge in [-0.05, 0) is 68.0 Å². The molecule has 0 fully saturated rings. The van der Waals surface area contributed by atoms with Gasteiger partial charge in [0.05, 0.1) is 15.7 Å². The second-order valence-electron chi connectivity index (χ2n) is 8.96. The van der Waals surface area contributed by atoms with Crippen LogP contribution in [0.2, 0.25) is 10.0 Å². The first-order chi connectivity index (χ1) is 19.3. The number of carbonyl (C=O) groups excluding carboxylic acids is 1. The fourth-order valence-corrected chi connectivity index (χ4v) is 5.34. The summed E-state index contributed by atoms with van der Waals surface area (Å²) in [6.07, 6.45) is -0.545. The van der Waals surface area contributed by atoms with Gasteiger partial charge in [-0.2, -0.15) is 0 Å². The number of hydrogen-bond acceptors (Lipinski definition) is 6. The molecule has 0 unspecified atom stereocenters. The van der Waals surface area contributed by atoms with E-state index in [2.05, 4.69) is 24.1 Å². The second-order valence-corrected chi connectivity index (χ2v) is 10.6. The molecule has 0 aliphatic carbocycles. The number of halogens is 2. The summed E-state index contributed by atoms with van der Waals surface area (Å²) in [4.78, 5) is 31.1. The van der Waals surface area contributed by atoms with E-state index in [1.165, 1.54) is 11.3 Å². The smallest absolute Gasteiger partial charge is 0.449 e. The summed E-state index contributed by atoms with van der Waals surface area (Å²) in [6.45, 7) is 7.76. The van der Waals surface area contributed by atoms with E-state index in [9.17, 15) is 14.7 Å². The zero-order valence-corrected chi connectivity index (χ0v) is 24.4. The molecule has 1 amide bonds. The fraction of sp³-hybridized carbons (Fsp3) is 0.233. The molecule has 2 N–H and O–H groups in total. The van der Waals surface area contributed by atoms with Crippen molar-refractivity contribution in [1.29, 1.82) is 0 Å². The van der Waals surface area contributed by atoms with E-state index >= 15 is 0 Å². The number of nitrogens with one attached hydrogen (secondary N) is 1. The van der Waals surface area contributed by atoms with Crippen LogP contribution in [0.25, 0.3) is 33.0 Å². The van der Waals surface area contributed by atoms with Gasteiger partial charge in [0.1, 0.15) is 10.8 Å². The molecular weight excluding hydrogens is 569 g/mol. The number of nitrogens with zero attached hydrogens (tertiary/aromatic N) is 2. The van der Waals surface area contributed by atoms with Crippen molar-refractivity contribution in [3.63, 3.8) is 0 Å². The number of aromatic nitrogens is 1. The zero-order valence-electron chi connectivity index (χ0n) is 22.1. The Morgan fingerprint density at radius 2 is 1.65 bits per heavy atom. The third-order valence-electron chi connectivity index (χ3n) is 6.43. The Hall–Kier alpha value is -3.43. The van der Waals surface area contributed by atoms with Crippen molar-refractivity contribution in [3.05, 3.63) is 81.7 Å². The number of carbonyl (C=O) groups is 2. The summed E-state index contributed by atoms with van der Waals surface area (Å²) >= 11 is 13.6. The molecule has 0 bridgehead atoms. The van der Waals surface area contributed by atoms with Crippen LogP contribution >= 0.6 is 34.5 Å². The highest BCUT2D eigenvalue weighted by Gasteiger charge is 2.15. The Balaban J connectivity index is 1.51. The highest BCUT2D eigenvalue weighted by atomic mass is 35.5. The fourth-order valence-electron chi connectivity index (χ4n) is 4.21. The summed E-state index contributed by atoms with van der Waals surface area (Å²) in [6, 6.07) is 17.6. The van der Waals surface area contributed by atoms with Crippen LogP contribution < -0.4 is 10.1 Å². The minimum atomic E-state index is -1.42. The van der Waals surface area contributed by atoms with E-state index in [4.69, 9.17) is 32.9 Å². The van der Waals surface area contributed by atoms with Crippen molar-refractivity contribution in [2.75, 3.05) is 26.2 Å². The van der Waals surface area contributed by atoms with Crippen molar-refractivity contribution in [3.8, 4) is 38.7 Å². The van der Waals surface area contributed by atoms with Crippen molar-refractivity contribution in [2.24, 2.45) is 0 Å². The molecule has 3 aromatic carbocycles. The quantitative estimate of drug-likeness (QED) is 0.103. The predicted molar refractivity (Wildman–Crippen MR) is 162 cm³/mol. The number of amides is 1. The van der Waals surface area contributed by atoms with Gasteiger partial charge in [-0.3, -0.25) is 4.79 Å². The average Bonchev–Trinajstić information content (AvgIpc) is 3.45. The molecule has 0 saturated carbocycles. The van der Waals surface area contributed by atoms with Crippen LogP contribution in [-0.4, -0.2) is 53.2 Å². The molecule has 0 aliphatic rings. The van der Waals surface area contributed by atoms with Gasteiger partial charge >= 0.3 is 6.16 Å². The third-order valence-corrected chi connectivity index (χ3v) is 8.06. The zero-order chi connectivity index (χ0) is 28.6. The van der Waals surface area contributed by atoms with Crippen molar-refractivity contribution in [2.45, 2.75) is 20.3 Å². The average molecular weight is 599 g/mol. The lowest BCUT2D eigenvalue weighted by molar-refractivity contribution is 0.0951. The van der Waals surface area contributed by atoms with Crippen LogP contribution in [0.1, 0.15) is 30.6 Å². The highest BCUT2D eigenvalue weighted by molar-refractivity contribution is 7.13. The number of carboxylic acid groups (broad SMARTS) is 1. The summed E-state index contributed by atoms with van der Waals surface area (Å²) < 4.78 is 5.14. The van der Waals surface area contributed by atoms with Gasteiger partial charge in [0.2, 0.25) is 0 Å². The van der Waals surface area contributed by atoms with Crippen molar-refractivity contribution >= 4 is 46.6 Å². The van der Waals surface area contributed by atoms with Gasteiger partial charge < -0.3 is 20.1 Å². The van der Waals surface area contributed by atoms with Crippen LogP contribution in [0.3, 0.4) is 0 Å². The van der Waals surface area contributed by atoms with E-state index in [-0.39, 0.29) is 11.7 Å².